The third-order valence-corrected chi connectivity index (χ3v) is 3.88. The summed E-state index contributed by atoms with van der Waals surface area (Å²) in [4.78, 5) is 11.8. The minimum atomic E-state index is -3.82. The van der Waals surface area contributed by atoms with Crippen LogP contribution >= 0.6 is 15.9 Å². The van der Waals surface area contributed by atoms with E-state index >= 15 is 0 Å². The van der Waals surface area contributed by atoms with Crippen LogP contribution in [0.2, 0.25) is 0 Å². The fourth-order valence-electron chi connectivity index (χ4n) is 1.54. The van der Waals surface area contributed by atoms with E-state index in [1.165, 1.54) is 12.1 Å². The monoisotopic (exact) mass is 348 g/mol. The topological polar surface area (TPSA) is 89.3 Å². The average Bonchev–Trinajstić information content (AvgIpc) is 2.32. The Balaban J connectivity index is 2.83. The number of hydrogen-bond donors (Lipinski definition) is 2. The number of sulfonamides is 1. The van der Waals surface area contributed by atoms with Crippen molar-refractivity contribution in [2.24, 2.45) is 5.14 Å². The predicted molar refractivity (Wildman–Crippen MR) is 77.4 cm³/mol. The number of benzene rings is 1. The average molecular weight is 349 g/mol. The van der Waals surface area contributed by atoms with Crippen LogP contribution in [0.15, 0.2) is 27.6 Å². The molecule has 0 saturated carbocycles. The van der Waals surface area contributed by atoms with Gasteiger partial charge in [0.15, 0.2) is 0 Å². The summed E-state index contributed by atoms with van der Waals surface area (Å²) in [7, 11) is -3.82. The molecule has 0 heterocycles. The van der Waals surface area contributed by atoms with Crippen LogP contribution in [0.1, 0.15) is 36.5 Å². The second kappa shape index (κ2) is 7.02. The Labute approximate surface area is 121 Å². The van der Waals surface area contributed by atoms with Gasteiger partial charge < -0.3 is 5.32 Å². The van der Waals surface area contributed by atoms with Crippen LogP contribution in [0.3, 0.4) is 0 Å². The minimum absolute atomic E-state index is 0.0828. The maximum absolute atomic E-state index is 11.9. The molecule has 3 N–H and O–H groups in total. The summed E-state index contributed by atoms with van der Waals surface area (Å²) in [6, 6.07) is 4.20. The van der Waals surface area contributed by atoms with Crippen LogP contribution < -0.4 is 10.5 Å². The van der Waals surface area contributed by atoms with Crippen molar-refractivity contribution in [1.29, 1.82) is 0 Å². The van der Waals surface area contributed by atoms with Crippen molar-refractivity contribution in [1.82, 2.24) is 5.32 Å². The standard InChI is InChI=1S/C12H17BrN2O3S/c1-2-3-4-5-15-12(16)9-6-10(13)8-11(7-9)19(14,17)18/h6-8H,2-5H2,1H3,(H,15,16)(H2,14,17,18). The van der Waals surface area contributed by atoms with Crippen LogP contribution in [-0.4, -0.2) is 20.9 Å². The molecule has 5 nitrogen and oxygen atoms in total. The molecule has 106 valence electrons. The largest absolute Gasteiger partial charge is 0.352 e. The first-order valence-electron chi connectivity index (χ1n) is 5.96. The number of hydrogen-bond acceptors (Lipinski definition) is 3. The SMILES string of the molecule is CCCCCNC(=O)c1cc(Br)cc(S(N)(=O)=O)c1. The van der Waals surface area contributed by atoms with Crippen molar-refractivity contribution in [2.45, 2.75) is 31.1 Å². The van der Waals surface area contributed by atoms with E-state index in [2.05, 4.69) is 28.2 Å². The molecule has 0 radical (unpaired) electrons. The van der Waals surface area contributed by atoms with Crippen molar-refractivity contribution in [2.75, 3.05) is 6.54 Å². The van der Waals surface area contributed by atoms with E-state index in [0.29, 0.717) is 11.0 Å². The number of amides is 1. The van der Waals surface area contributed by atoms with E-state index in [1.807, 2.05) is 0 Å². The van der Waals surface area contributed by atoms with Gasteiger partial charge in [0.2, 0.25) is 10.0 Å². The Kier molecular flexibility index (Phi) is 5.96. The first kappa shape index (κ1) is 16.1. The van der Waals surface area contributed by atoms with Crippen LogP contribution in [-0.2, 0) is 10.0 Å². The summed E-state index contributed by atoms with van der Waals surface area (Å²) in [5.74, 6) is -0.303. The Morgan fingerprint density at radius 3 is 2.58 bits per heavy atom. The molecule has 0 fully saturated rings. The van der Waals surface area contributed by atoms with Crippen LogP contribution in [0, 0.1) is 0 Å². The minimum Gasteiger partial charge on any atom is -0.352 e. The zero-order chi connectivity index (χ0) is 14.5. The summed E-state index contributed by atoms with van der Waals surface area (Å²) in [6.07, 6.45) is 3.02. The normalized spacial score (nSPS) is 11.3. The molecule has 0 unspecified atom stereocenters. The molecule has 0 aliphatic carbocycles. The maximum atomic E-state index is 11.9. The lowest BCUT2D eigenvalue weighted by Gasteiger charge is -2.07. The molecule has 1 aromatic rings. The number of primary sulfonamides is 1. The van der Waals surface area contributed by atoms with Gasteiger partial charge in [-0.05, 0) is 24.6 Å². The van der Waals surface area contributed by atoms with Gasteiger partial charge in [0.1, 0.15) is 0 Å². The highest BCUT2D eigenvalue weighted by Gasteiger charge is 2.13. The maximum Gasteiger partial charge on any atom is 0.251 e. The predicted octanol–water partition coefficient (Wildman–Crippen LogP) is 2.02. The second-order valence-electron chi connectivity index (χ2n) is 4.18. The first-order valence-corrected chi connectivity index (χ1v) is 8.30. The second-order valence-corrected chi connectivity index (χ2v) is 6.66. The third-order valence-electron chi connectivity index (χ3n) is 2.53. The highest BCUT2D eigenvalue weighted by Crippen LogP contribution is 2.18. The Morgan fingerprint density at radius 1 is 1.32 bits per heavy atom. The number of nitrogens with one attached hydrogen (secondary N) is 1. The lowest BCUT2D eigenvalue weighted by molar-refractivity contribution is 0.0952. The number of carbonyl (C=O) groups excluding carboxylic acids is 1. The number of carbonyl (C=O) groups is 1. The summed E-state index contributed by atoms with van der Waals surface area (Å²) in [6.45, 7) is 2.65. The quantitative estimate of drug-likeness (QED) is 0.770. The summed E-state index contributed by atoms with van der Waals surface area (Å²) in [5.41, 5.74) is 0.273. The van der Waals surface area contributed by atoms with Gasteiger partial charge in [0.25, 0.3) is 5.91 Å². The molecule has 0 bridgehead atoms. The van der Waals surface area contributed by atoms with Gasteiger partial charge in [0.05, 0.1) is 4.90 Å². The first-order chi connectivity index (χ1) is 8.84. The van der Waals surface area contributed by atoms with Gasteiger partial charge in [-0.25, -0.2) is 13.6 Å². The molecule has 0 aromatic heterocycles. The molecule has 0 atom stereocenters. The molecule has 1 rings (SSSR count). The number of nitrogens with two attached hydrogens (primary N) is 1. The Morgan fingerprint density at radius 2 is 2.00 bits per heavy atom. The fourth-order valence-corrected chi connectivity index (χ4v) is 2.76. The molecule has 0 saturated heterocycles. The molecule has 0 aliphatic rings. The van der Waals surface area contributed by atoms with E-state index in [4.69, 9.17) is 5.14 Å². The summed E-state index contributed by atoms with van der Waals surface area (Å²) < 4.78 is 23.1. The van der Waals surface area contributed by atoms with E-state index in [-0.39, 0.29) is 16.4 Å². The molecular formula is C12H17BrN2O3S. The van der Waals surface area contributed by atoms with E-state index in [9.17, 15) is 13.2 Å². The smallest absolute Gasteiger partial charge is 0.251 e. The zero-order valence-corrected chi connectivity index (χ0v) is 13.1. The highest BCUT2D eigenvalue weighted by molar-refractivity contribution is 9.10. The third kappa shape index (κ3) is 5.30. The van der Waals surface area contributed by atoms with Gasteiger partial charge in [-0.3, -0.25) is 4.79 Å². The summed E-state index contributed by atoms with van der Waals surface area (Å²) >= 11 is 3.17. The van der Waals surface area contributed by atoms with E-state index in [1.54, 1.807) is 6.07 Å². The Hall–Kier alpha value is -0.920. The van der Waals surface area contributed by atoms with Gasteiger partial charge in [-0.2, -0.15) is 0 Å². The van der Waals surface area contributed by atoms with Crippen molar-refractivity contribution in [3.63, 3.8) is 0 Å². The number of rotatable bonds is 6. The van der Waals surface area contributed by atoms with Crippen molar-refractivity contribution in [3.8, 4) is 0 Å². The van der Waals surface area contributed by atoms with Crippen molar-refractivity contribution in [3.05, 3.63) is 28.2 Å². The summed E-state index contributed by atoms with van der Waals surface area (Å²) in [5, 5.41) is 7.80. The van der Waals surface area contributed by atoms with Gasteiger partial charge in [-0.15, -0.1) is 0 Å². The van der Waals surface area contributed by atoms with Gasteiger partial charge in [-0.1, -0.05) is 35.7 Å². The van der Waals surface area contributed by atoms with Crippen LogP contribution in [0.25, 0.3) is 0 Å². The van der Waals surface area contributed by atoms with Crippen LogP contribution in [0.4, 0.5) is 0 Å². The highest BCUT2D eigenvalue weighted by atomic mass is 79.9. The number of unbranched alkanes of at least 4 members (excludes halogenated alkanes) is 2. The van der Waals surface area contributed by atoms with Gasteiger partial charge in [0, 0.05) is 16.6 Å². The van der Waals surface area contributed by atoms with Crippen molar-refractivity contribution >= 4 is 31.9 Å². The molecular weight excluding hydrogens is 332 g/mol. The molecule has 0 aliphatic heterocycles. The molecule has 7 heteroatoms. The molecule has 1 aromatic carbocycles. The molecule has 1 amide bonds. The lowest BCUT2D eigenvalue weighted by atomic mass is 10.2. The van der Waals surface area contributed by atoms with Crippen molar-refractivity contribution < 1.29 is 13.2 Å². The van der Waals surface area contributed by atoms with E-state index < -0.39 is 10.0 Å². The van der Waals surface area contributed by atoms with Crippen LogP contribution in [0.5, 0.6) is 0 Å². The van der Waals surface area contributed by atoms with E-state index in [0.717, 1.165) is 19.3 Å². The number of halogens is 1. The zero-order valence-electron chi connectivity index (χ0n) is 10.6. The molecule has 19 heavy (non-hydrogen) atoms. The molecule has 0 spiro atoms. The fraction of sp³-hybridized carbons (Fsp3) is 0.417. The van der Waals surface area contributed by atoms with Gasteiger partial charge >= 0.3 is 0 Å². The lowest BCUT2D eigenvalue weighted by Crippen LogP contribution is -2.25. The Bertz CT molecular complexity index is 558.